The third-order valence-electron chi connectivity index (χ3n) is 4.82. The maximum atomic E-state index is 6.27. The summed E-state index contributed by atoms with van der Waals surface area (Å²) >= 11 is 0. The third kappa shape index (κ3) is 3.28. The van der Waals surface area contributed by atoms with E-state index in [1.165, 1.54) is 11.1 Å². The molecule has 0 saturated heterocycles. The first-order valence-corrected chi connectivity index (χ1v) is 8.94. The number of benzene rings is 2. The lowest BCUT2D eigenvalue weighted by molar-refractivity contribution is 1.07. The van der Waals surface area contributed by atoms with E-state index in [4.69, 9.17) is 11.5 Å². The second kappa shape index (κ2) is 7.58. The molecular weight excluding hydrogens is 320 g/mol. The molecule has 1 aromatic heterocycles. The summed E-state index contributed by atoms with van der Waals surface area (Å²) in [5, 5.41) is 3.19. The van der Waals surface area contributed by atoms with Gasteiger partial charge in [0.2, 0.25) is 0 Å². The molecule has 3 rings (SSSR count). The van der Waals surface area contributed by atoms with E-state index < -0.39 is 0 Å². The highest BCUT2D eigenvalue weighted by atomic mass is 14.8. The van der Waals surface area contributed by atoms with Crippen molar-refractivity contribution in [2.24, 2.45) is 5.73 Å². The third-order valence-corrected chi connectivity index (χ3v) is 4.82. The van der Waals surface area contributed by atoms with E-state index in [1.807, 2.05) is 13.2 Å². The van der Waals surface area contributed by atoms with Gasteiger partial charge in [0.15, 0.2) is 0 Å². The van der Waals surface area contributed by atoms with Gasteiger partial charge in [0.1, 0.15) is 5.82 Å². The number of nitrogens with zero attached hydrogens (tertiary/aromatic N) is 1. The second-order valence-corrected chi connectivity index (χ2v) is 6.46. The summed E-state index contributed by atoms with van der Waals surface area (Å²) in [5.74, 6) is 0.570. The molecule has 0 aliphatic heterocycles. The van der Waals surface area contributed by atoms with E-state index in [1.54, 1.807) is 0 Å². The summed E-state index contributed by atoms with van der Waals surface area (Å²) in [6.45, 7) is 4.72. The number of hydrogen-bond acceptors (Lipinski definition) is 4. The fourth-order valence-corrected chi connectivity index (χ4v) is 3.40. The molecule has 0 aliphatic carbocycles. The molecule has 0 unspecified atom stereocenters. The lowest BCUT2D eigenvalue weighted by Crippen LogP contribution is -2.04. The fraction of sp³-hybridized carbons (Fsp3) is 0.227. The van der Waals surface area contributed by atoms with Crippen LogP contribution in [0.25, 0.3) is 22.3 Å². The number of nitrogens with two attached hydrogens (primary N) is 2. The number of nitrogens with one attached hydrogen (secondary N) is 1. The molecule has 4 heteroatoms. The van der Waals surface area contributed by atoms with Crippen LogP contribution in [0.15, 0.2) is 48.7 Å². The minimum Gasteiger partial charge on any atom is -0.388 e. The predicted octanol–water partition coefficient (Wildman–Crippen LogP) is 4.37. The zero-order valence-electron chi connectivity index (χ0n) is 15.6. The van der Waals surface area contributed by atoms with E-state index in [2.05, 4.69) is 66.6 Å². The molecule has 0 aliphatic rings. The van der Waals surface area contributed by atoms with Crippen LogP contribution in [0.1, 0.15) is 23.6 Å². The molecule has 26 heavy (non-hydrogen) atoms. The van der Waals surface area contributed by atoms with E-state index in [-0.39, 0.29) is 0 Å². The second-order valence-electron chi connectivity index (χ2n) is 6.46. The zero-order chi connectivity index (χ0) is 18.7. The summed E-state index contributed by atoms with van der Waals surface area (Å²) in [7, 11) is 1.91. The van der Waals surface area contributed by atoms with Gasteiger partial charge in [-0.1, -0.05) is 42.8 Å². The minimum absolute atomic E-state index is 0.485. The van der Waals surface area contributed by atoms with Crippen molar-refractivity contribution in [2.75, 3.05) is 18.1 Å². The van der Waals surface area contributed by atoms with Gasteiger partial charge in [0.05, 0.1) is 0 Å². The van der Waals surface area contributed by atoms with Gasteiger partial charge in [-0.15, -0.1) is 0 Å². The Balaban J connectivity index is 2.20. The van der Waals surface area contributed by atoms with Crippen LogP contribution in [0.5, 0.6) is 0 Å². The molecule has 0 saturated carbocycles. The zero-order valence-corrected chi connectivity index (χ0v) is 15.6. The molecule has 0 amide bonds. The van der Waals surface area contributed by atoms with Gasteiger partial charge in [-0.3, -0.25) is 0 Å². The number of rotatable bonds is 5. The van der Waals surface area contributed by atoms with Gasteiger partial charge in [-0.05, 0) is 47.7 Å². The van der Waals surface area contributed by atoms with Gasteiger partial charge < -0.3 is 16.8 Å². The van der Waals surface area contributed by atoms with Crippen LogP contribution in [0, 0.1) is 6.92 Å². The Hall–Kier alpha value is -2.85. The Bertz CT molecular complexity index is 914. The van der Waals surface area contributed by atoms with Crippen molar-refractivity contribution >= 4 is 11.5 Å². The largest absolute Gasteiger partial charge is 0.388 e. The molecular formula is C22H26N4. The van der Waals surface area contributed by atoms with Crippen molar-refractivity contribution in [1.29, 1.82) is 0 Å². The smallest absolute Gasteiger partial charge is 0.131 e. The molecule has 5 N–H and O–H groups in total. The summed E-state index contributed by atoms with van der Waals surface area (Å²) in [5.41, 5.74) is 21.1. The van der Waals surface area contributed by atoms with Crippen molar-refractivity contribution < 1.29 is 0 Å². The number of pyridine rings is 1. The van der Waals surface area contributed by atoms with Gasteiger partial charge in [-0.2, -0.15) is 0 Å². The van der Waals surface area contributed by atoms with E-state index >= 15 is 0 Å². The summed E-state index contributed by atoms with van der Waals surface area (Å²) in [6, 6.07) is 14.7. The Kier molecular flexibility index (Phi) is 5.24. The molecule has 0 radical (unpaired) electrons. The molecule has 1 heterocycles. The minimum atomic E-state index is 0.485. The van der Waals surface area contributed by atoms with Gasteiger partial charge in [0.25, 0.3) is 0 Å². The molecule has 0 atom stereocenters. The summed E-state index contributed by atoms with van der Waals surface area (Å²) < 4.78 is 0. The highest BCUT2D eigenvalue weighted by Crippen LogP contribution is 2.36. The average molecular weight is 346 g/mol. The van der Waals surface area contributed by atoms with Crippen molar-refractivity contribution in [3.05, 3.63) is 65.4 Å². The Morgan fingerprint density at radius 3 is 2.35 bits per heavy atom. The van der Waals surface area contributed by atoms with E-state index in [9.17, 15) is 0 Å². The number of nitrogen functional groups attached to an aromatic ring is 1. The lowest BCUT2D eigenvalue weighted by atomic mass is 9.91. The molecule has 4 nitrogen and oxygen atoms in total. The quantitative estimate of drug-likeness (QED) is 0.641. The maximum Gasteiger partial charge on any atom is 0.131 e. The van der Waals surface area contributed by atoms with Crippen molar-refractivity contribution in [3.8, 4) is 22.3 Å². The van der Waals surface area contributed by atoms with Crippen LogP contribution in [0.2, 0.25) is 0 Å². The number of aromatic nitrogens is 1. The maximum absolute atomic E-state index is 6.27. The van der Waals surface area contributed by atoms with Crippen LogP contribution in [0.3, 0.4) is 0 Å². The lowest BCUT2D eigenvalue weighted by Gasteiger charge is -2.17. The highest BCUT2D eigenvalue weighted by Gasteiger charge is 2.16. The van der Waals surface area contributed by atoms with Crippen molar-refractivity contribution in [3.63, 3.8) is 0 Å². The molecule has 0 spiro atoms. The summed E-state index contributed by atoms with van der Waals surface area (Å²) in [6.07, 6.45) is 2.75. The van der Waals surface area contributed by atoms with Crippen LogP contribution in [0.4, 0.5) is 11.5 Å². The van der Waals surface area contributed by atoms with Gasteiger partial charge >= 0.3 is 0 Å². The standard InChI is InChI=1S/C22H26N4/c1-4-18-19(16-9-10-20(25-3)17(11-16)12-23)13-26-22(24)21(18)15-7-5-14(2)6-8-15/h5-11,13,25H,4,12,23H2,1-3H3,(H2,24,26). The molecule has 0 fully saturated rings. The molecule has 134 valence electrons. The van der Waals surface area contributed by atoms with Crippen molar-refractivity contribution in [2.45, 2.75) is 26.8 Å². The Morgan fingerprint density at radius 2 is 1.73 bits per heavy atom. The topological polar surface area (TPSA) is 77.0 Å². The van der Waals surface area contributed by atoms with Crippen LogP contribution >= 0.6 is 0 Å². The monoisotopic (exact) mass is 346 g/mol. The number of aryl methyl sites for hydroxylation is 1. The number of hydrogen-bond donors (Lipinski definition) is 3. The SMILES string of the molecule is CCc1c(-c2ccc(NC)c(CN)c2)cnc(N)c1-c1ccc(C)cc1. The Morgan fingerprint density at radius 1 is 1.04 bits per heavy atom. The molecule has 2 aromatic carbocycles. The fourth-order valence-electron chi connectivity index (χ4n) is 3.40. The van der Waals surface area contributed by atoms with Crippen molar-refractivity contribution in [1.82, 2.24) is 4.98 Å². The van der Waals surface area contributed by atoms with E-state index in [0.717, 1.165) is 39.9 Å². The average Bonchev–Trinajstić information content (AvgIpc) is 2.68. The van der Waals surface area contributed by atoms with Gasteiger partial charge in [0, 0.05) is 36.6 Å². The molecule has 3 aromatic rings. The predicted molar refractivity (Wildman–Crippen MR) is 111 cm³/mol. The van der Waals surface area contributed by atoms with E-state index in [0.29, 0.717) is 12.4 Å². The first-order chi connectivity index (χ1) is 12.6. The highest BCUT2D eigenvalue weighted by molar-refractivity contribution is 5.84. The first kappa shape index (κ1) is 18.0. The van der Waals surface area contributed by atoms with Crippen LogP contribution in [-0.2, 0) is 13.0 Å². The first-order valence-electron chi connectivity index (χ1n) is 8.94. The van der Waals surface area contributed by atoms with Gasteiger partial charge in [-0.25, -0.2) is 4.98 Å². The molecule has 0 bridgehead atoms. The Labute approximate surface area is 155 Å². The normalized spacial score (nSPS) is 10.8. The summed E-state index contributed by atoms with van der Waals surface area (Å²) in [4.78, 5) is 4.49. The van der Waals surface area contributed by atoms with Crippen LogP contribution in [-0.4, -0.2) is 12.0 Å². The van der Waals surface area contributed by atoms with Crippen LogP contribution < -0.4 is 16.8 Å². The number of anilines is 2.